The number of rotatable bonds is 11. The van der Waals surface area contributed by atoms with E-state index >= 15 is 0 Å². The van der Waals surface area contributed by atoms with Crippen LogP contribution in [0.15, 0.2) is 76.0 Å². The normalized spacial score (nSPS) is 13.2. The van der Waals surface area contributed by atoms with Crippen LogP contribution in [0.5, 0.6) is 5.75 Å². The Balaban J connectivity index is 1.48. The van der Waals surface area contributed by atoms with Crippen LogP contribution < -0.4 is 14.8 Å². The van der Waals surface area contributed by atoms with Gasteiger partial charge in [-0.1, -0.05) is 51.1 Å². The minimum absolute atomic E-state index is 0.0251. The van der Waals surface area contributed by atoms with Crippen LogP contribution in [-0.2, 0) is 14.8 Å². The highest BCUT2D eigenvalue weighted by molar-refractivity contribution is 7.89. The maximum absolute atomic E-state index is 13.1. The van der Waals surface area contributed by atoms with Gasteiger partial charge in [0.25, 0.3) is 5.91 Å². The van der Waals surface area contributed by atoms with Gasteiger partial charge in [0.2, 0.25) is 10.0 Å². The van der Waals surface area contributed by atoms with Gasteiger partial charge in [-0.15, -0.1) is 0 Å². The Morgan fingerprint density at radius 3 is 2.12 bits per heavy atom. The summed E-state index contributed by atoms with van der Waals surface area (Å²) in [6.07, 6.45) is 0.875. The van der Waals surface area contributed by atoms with Gasteiger partial charge in [-0.2, -0.15) is 4.72 Å². The van der Waals surface area contributed by atoms with Crippen LogP contribution in [-0.4, -0.2) is 37.5 Å². The van der Waals surface area contributed by atoms with Crippen LogP contribution in [0.25, 0.3) is 22.1 Å². The average Bonchev–Trinajstić information content (AvgIpc) is 3.29. The van der Waals surface area contributed by atoms with E-state index in [0.29, 0.717) is 22.6 Å². The summed E-state index contributed by atoms with van der Waals surface area (Å²) in [4.78, 5) is 24.5. The largest absolute Gasteiger partial charge is 0.490 e. The summed E-state index contributed by atoms with van der Waals surface area (Å²) in [6.45, 7) is 9.13. The fourth-order valence-electron chi connectivity index (χ4n) is 4.35. The van der Waals surface area contributed by atoms with E-state index in [-0.39, 0.29) is 22.7 Å². The molecule has 4 rings (SSSR count). The first kappa shape index (κ1) is 29.8. The number of nitrogens with one attached hydrogen (secondary N) is 2. The Hall–Kier alpha value is -4.15. The zero-order valence-electron chi connectivity index (χ0n) is 23.6. The first-order valence-electron chi connectivity index (χ1n) is 13.4. The standard InChI is InChI=1S/C31H34N2O7S/c1-6-19(4)39-25-8-7-9-26-27(25)20(5)29(40-26)30(34)32-23-14-10-21(11-15-23)22-12-16-24(17-13-22)41(37,38)33-28(18(2)3)31(35)36/h7-19,28,33H,6H2,1-5H3,(H,32,34)(H,35,36)/t19?,28-/m0/s1. The number of furan rings is 1. The summed E-state index contributed by atoms with van der Waals surface area (Å²) in [6, 6.07) is 17.5. The second kappa shape index (κ2) is 12.2. The molecule has 41 heavy (non-hydrogen) atoms. The third kappa shape index (κ3) is 6.61. The lowest BCUT2D eigenvalue weighted by atomic mass is 10.1. The molecule has 1 aromatic heterocycles. The summed E-state index contributed by atoms with van der Waals surface area (Å²) in [5, 5.41) is 13.0. The van der Waals surface area contributed by atoms with E-state index in [0.717, 1.165) is 22.9 Å². The minimum atomic E-state index is -4.01. The molecule has 0 aliphatic carbocycles. The number of carboxylic acid groups (broad SMARTS) is 1. The predicted molar refractivity (Wildman–Crippen MR) is 158 cm³/mol. The molecular weight excluding hydrogens is 544 g/mol. The first-order valence-corrected chi connectivity index (χ1v) is 14.8. The van der Waals surface area contributed by atoms with Gasteiger partial charge < -0.3 is 19.6 Å². The van der Waals surface area contributed by atoms with Gasteiger partial charge >= 0.3 is 5.97 Å². The number of carbonyl (C=O) groups is 2. The van der Waals surface area contributed by atoms with E-state index in [9.17, 15) is 23.1 Å². The van der Waals surface area contributed by atoms with E-state index in [1.54, 1.807) is 56.3 Å². The van der Waals surface area contributed by atoms with Gasteiger partial charge in [-0.25, -0.2) is 8.42 Å². The van der Waals surface area contributed by atoms with Crippen molar-refractivity contribution < 1.29 is 32.3 Å². The third-order valence-corrected chi connectivity index (χ3v) is 8.34. The summed E-state index contributed by atoms with van der Waals surface area (Å²) in [5.74, 6) is -1.15. The Labute approximate surface area is 239 Å². The van der Waals surface area contributed by atoms with Gasteiger partial charge in [0.15, 0.2) is 5.76 Å². The molecule has 3 N–H and O–H groups in total. The number of carbonyl (C=O) groups excluding carboxylic acids is 1. The molecule has 0 saturated carbocycles. The zero-order chi connectivity index (χ0) is 29.9. The molecule has 4 aromatic rings. The first-order chi connectivity index (χ1) is 19.4. The van der Waals surface area contributed by atoms with Gasteiger partial charge in [-0.05, 0) is 73.7 Å². The highest BCUT2D eigenvalue weighted by atomic mass is 32.2. The fraction of sp³-hybridized carbons (Fsp3) is 0.290. The Bertz CT molecular complexity index is 1660. The molecule has 1 unspecified atom stereocenters. The van der Waals surface area contributed by atoms with Crippen LogP contribution in [0.2, 0.25) is 0 Å². The molecule has 0 bridgehead atoms. The van der Waals surface area contributed by atoms with E-state index in [2.05, 4.69) is 10.0 Å². The van der Waals surface area contributed by atoms with Crippen LogP contribution in [0.4, 0.5) is 5.69 Å². The predicted octanol–water partition coefficient (Wildman–Crippen LogP) is 6.23. The smallest absolute Gasteiger partial charge is 0.322 e. The molecule has 0 saturated heterocycles. The number of anilines is 1. The van der Waals surface area contributed by atoms with E-state index in [1.807, 2.05) is 32.9 Å². The molecule has 3 aromatic carbocycles. The maximum Gasteiger partial charge on any atom is 0.322 e. The molecule has 0 fully saturated rings. The van der Waals surface area contributed by atoms with Crippen molar-refractivity contribution in [2.24, 2.45) is 5.92 Å². The SMILES string of the molecule is CCC(C)Oc1cccc2oc(C(=O)Nc3ccc(-c4ccc(S(=O)(=O)N[C@H](C(=O)O)C(C)C)cc4)cc3)c(C)c12. The van der Waals surface area contributed by atoms with Gasteiger partial charge in [0.1, 0.15) is 17.4 Å². The van der Waals surface area contributed by atoms with E-state index in [4.69, 9.17) is 9.15 Å². The van der Waals surface area contributed by atoms with Crippen LogP contribution >= 0.6 is 0 Å². The van der Waals surface area contributed by atoms with Crippen molar-refractivity contribution in [1.82, 2.24) is 4.72 Å². The van der Waals surface area contributed by atoms with Crippen molar-refractivity contribution in [2.45, 2.75) is 58.1 Å². The van der Waals surface area contributed by atoms with Crippen molar-refractivity contribution >= 4 is 38.6 Å². The maximum atomic E-state index is 13.1. The monoisotopic (exact) mass is 578 g/mol. The van der Waals surface area contributed by atoms with Crippen LogP contribution in [0, 0.1) is 12.8 Å². The molecule has 0 spiro atoms. The molecule has 9 nitrogen and oxygen atoms in total. The van der Waals surface area contributed by atoms with Crippen molar-refractivity contribution in [1.29, 1.82) is 0 Å². The second-order valence-electron chi connectivity index (χ2n) is 10.3. The van der Waals surface area contributed by atoms with Crippen LogP contribution in [0.1, 0.15) is 50.2 Å². The number of hydrogen-bond acceptors (Lipinski definition) is 6. The minimum Gasteiger partial charge on any atom is -0.490 e. The average molecular weight is 579 g/mol. The van der Waals surface area contributed by atoms with Crippen LogP contribution in [0.3, 0.4) is 0 Å². The van der Waals surface area contributed by atoms with Gasteiger partial charge in [-0.3, -0.25) is 9.59 Å². The van der Waals surface area contributed by atoms with E-state index in [1.165, 1.54) is 12.1 Å². The second-order valence-corrected chi connectivity index (χ2v) is 12.0. The van der Waals surface area contributed by atoms with Crippen molar-refractivity contribution in [3.8, 4) is 16.9 Å². The van der Waals surface area contributed by atoms with Crippen molar-refractivity contribution in [3.05, 3.63) is 78.1 Å². The zero-order valence-corrected chi connectivity index (χ0v) is 24.4. The topological polar surface area (TPSA) is 135 Å². The number of hydrogen-bond donors (Lipinski definition) is 3. The quantitative estimate of drug-likeness (QED) is 0.192. The molecule has 2 atom stereocenters. The number of fused-ring (bicyclic) bond motifs is 1. The highest BCUT2D eigenvalue weighted by Crippen LogP contribution is 2.34. The lowest BCUT2D eigenvalue weighted by Gasteiger charge is -2.18. The number of ether oxygens (including phenoxy) is 1. The summed E-state index contributed by atoms with van der Waals surface area (Å²) >= 11 is 0. The Kier molecular flexibility index (Phi) is 8.84. The molecule has 216 valence electrons. The number of carboxylic acids is 1. The lowest BCUT2D eigenvalue weighted by Crippen LogP contribution is -2.44. The lowest BCUT2D eigenvalue weighted by molar-refractivity contribution is -0.140. The summed E-state index contributed by atoms with van der Waals surface area (Å²) < 4.78 is 39.6. The highest BCUT2D eigenvalue weighted by Gasteiger charge is 2.28. The fourth-order valence-corrected chi connectivity index (χ4v) is 5.69. The molecule has 1 amide bonds. The molecule has 0 radical (unpaired) electrons. The number of benzene rings is 3. The number of aliphatic carboxylic acids is 1. The Morgan fingerprint density at radius 1 is 0.951 bits per heavy atom. The summed E-state index contributed by atoms with van der Waals surface area (Å²) in [5.41, 5.74) is 3.39. The van der Waals surface area contributed by atoms with Crippen molar-refractivity contribution in [3.63, 3.8) is 0 Å². The molecule has 10 heteroatoms. The van der Waals surface area contributed by atoms with Crippen molar-refractivity contribution in [2.75, 3.05) is 5.32 Å². The molecule has 0 aliphatic rings. The van der Waals surface area contributed by atoms with Gasteiger partial charge in [0.05, 0.1) is 16.4 Å². The molecule has 1 heterocycles. The summed E-state index contributed by atoms with van der Waals surface area (Å²) in [7, 11) is -4.01. The number of aryl methyl sites for hydroxylation is 1. The third-order valence-electron chi connectivity index (χ3n) is 6.88. The van der Waals surface area contributed by atoms with E-state index < -0.39 is 28.0 Å². The molecular formula is C31H34N2O7S. The van der Waals surface area contributed by atoms with Gasteiger partial charge in [0, 0.05) is 11.3 Å². The number of amides is 1. The Morgan fingerprint density at radius 2 is 1.56 bits per heavy atom. The number of sulfonamides is 1. The molecule has 0 aliphatic heterocycles.